The number of aliphatic hydroxyl groups excluding tert-OH is 1. The van der Waals surface area contributed by atoms with Crippen molar-refractivity contribution in [2.45, 2.75) is 37.2 Å². The molecule has 4 rings (SSSR count). The molecule has 0 unspecified atom stereocenters. The highest BCUT2D eigenvalue weighted by molar-refractivity contribution is 6.10. The van der Waals surface area contributed by atoms with Crippen LogP contribution in [0.2, 0.25) is 0 Å². The quantitative estimate of drug-likeness (QED) is 0.684. The van der Waals surface area contributed by atoms with E-state index in [-0.39, 0.29) is 36.5 Å². The molecule has 174 valence electrons. The maximum Gasteiger partial charge on any atom is 0.240 e. The maximum absolute atomic E-state index is 13.3. The third-order valence-electron chi connectivity index (χ3n) is 7.10. The van der Waals surface area contributed by atoms with Gasteiger partial charge in [-0.2, -0.15) is 0 Å². The van der Waals surface area contributed by atoms with Gasteiger partial charge in [-0.1, -0.05) is 42.5 Å². The molecule has 0 spiro atoms. The highest BCUT2D eigenvalue weighted by Crippen LogP contribution is 2.41. The average Bonchev–Trinajstić information content (AvgIpc) is 3.08. The summed E-state index contributed by atoms with van der Waals surface area (Å²) in [6, 6.07) is 16.6. The zero-order valence-corrected chi connectivity index (χ0v) is 19.1. The minimum Gasteiger partial charge on any atom is -0.497 e. The predicted molar refractivity (Wildman–Crippen MR) is 122 cm³/mol. The van der Waals surface area contributed by atoms with E-state index in [2.05, 4.69) is 0 Å². The Hall–Kier alpha value is -3.19. The second-order valence-corrected chi connectivity index (χ2v) is 9.00. The van der Waals surface area contributed by atoms with Crippen LogP contribution in [-0.2, 0) is 19.8 Å². The number of rotatable bonds is 6. The number of methoxy groups -OCH3 is 1. The molecular formula is C26H30N2O5. The summed E-state index contributed by atoms with van der Waals surface area (Å²) in [7, 11) is 3.01. The molecule has 2 saturated heterocycles. The summed E-state index contributed by atoms with van der Waals surface area (Å²) >= 11 is 0. The Morgan fingerprint density at radius 3 is 2.42 bits per heavy atom. The number of nitrogens with zero attached hydrogens (tertiary/aromatic N) is 2. The smallest absolute Gasteiger partial charge is 0.240 e. The first-order chi connectivity index (χ1) is 15.9. The monoisotopic (exact) mass is 450 g/mol. The summed E-state index contributed by atoms with van der Waals surface area (Å²) in [5, 5.41) is 10.7. The van der Waals surface area contributed by atoms with Gasteiger partial charge in [0.1, 0.15) is 5.75 Å². The SMILES string of the molecule is COc1cccc([C@]2(CC(=O)N3CCC([C@H](O)c4ccccc4)CC3)CC(=O)N(C)C2=O)c1. The van der Waals surface area contributed by atoms with Crippen LogP contribution in [-0.4, -0.2) is 59.9 Å². The zero-order chi connectivity index (χ0) is 23.6. The Labute approximate surface area is 193 Å². The molecule has 2 aromatic rings. The first kappa shape index (κ1) is 23.0. The van der Waals surface area contributed by atoms with Crippen LogP contribution in [0.15, 0.2) is 54.6 Å². The fourth-order valence-corrected chi connectivity index (χ4v) is 5.03. The lowest BCUT2D eigenvalue weighted by Gasteiger charge is -2.36. The van der Waals surface area contributed by atoms with Gasteiger partial charge >= 0.3 is 0 Å². The number of carbonyl (C=O) groups excluding carboxylic acids is 3. The van der Waals surface area contributed by atoms with Crippen molar-refractivity contribution in [3.63, 3.8) is 0 Å². The number of imide groups is 1. The fraction of sp³-hybridized carbons (Fsp3) is 0.423. The number of benzene rings is 2. The Balaban J connectivity index is 1.49. The van der Waals surface area contributed by atoms with Crippen molar-refractivity contribution < 1.29 is 24.2 Å². The molecule has 2 heterocycles. The Morgan fingerprint density at radius 2 is 1.82 bits per heavy atom. The topological polar surface area (TPSA) is 87.2 Å². The molecule has 2 aromatic carbocycles. The first-order valence-electron chi connectivity index (χ1n) is 11.3. The lowest BCUT2D eigenvalue weighted by Crippen LogP contribution is -2.45. The first-order valence-corrected chi connectivity index (χ1v) is 11.3. The fourth-order valence-electron chi connectivity index (χ4n) is 5.03. The molecule has 0 bridgehead atoms. The van der Waals surface area contributed by atoms with Crippen LogP contribution in [0.4, 0.5) is 0 Å². The van der Waals surface area contributed by atoms with Crippen LogP contribution in [0.25, 0.3) is 0 Å². The van der Waals surface area contributed by atoms with E-state index in [4.69, 9.17) is 4.74 Å². The number of likely N-dealkylation sites (tertiary alicyclic amines) is 2. The van der Waals surface area contributed by atoms with E-state index in [1.54, 1.807) is 36.3 Å². The number of hydrogen-bond donors (Lipinski definition) is 1. The van der Waals surface area contributed by atoms with Crippen molar-refractivity contribution in [1.29, 1.82) is 0 Å². The van der Waals surface area contributed by atoms with Gasteiger partial charge in [-0.3, -0.25) is 19.3 Å². The number of likely N-dealkylation sites (N-methyl/N-ethyl adjacent to an activating group) is 1. The molecule has 33 heavy (non-hydrogen) atoms. The van der Waals surface area contributed by atoms with Gasteiger partial charge in [-0.15, -0.1) is 0 Å². The average molecular weight is 451 g/mol. The molecule has 7 heteroatoms. The second kappa shape index (κ2) is 9.35. The van der Waals surface area contributed by atoms with Crippen LogP contribution in [0.3, 0.4) is 0 Å². The Bertz CT molecular complexity index is 1030. The van der Waals surface area contributed by atoms with Gasteiger partial charge in [0.25, 0.3) is 0 Å². The summed E-state index contributed by atoms with van der Waals surface area (Å²) in [5.41, 5.74) is 0.280. The van der Waals surface area contributed by atoms with E-state index in [1.165, 1.54) is 7.05 Å². The minimum atomic E-state index is -1.22. The van der Waals surface area contributed by atoms with E-state index in [9.17, 15) is 19.5 Å². The lowest BCUT2D eigenvalue weighted by molar-refractivity contribution is -0.142. The van der Waals surface area contributed by atoms with Gasteiger partial charge in [0.15, 0.2) is 0 Å². The van der Waals surface area contributed by atoms with Crippen LogP contribution < -0.4 is 4.74 Å². The van der Waals surface area contributed by atoms with Gasteiger partial charge in [0.2, 0.25) is 17.7 Å². The molecule has 3 amide bonds. The van der Waals surface area contributed by atoms with Gasteiger partial charge < -0.3 is 14.7 Å². The van der Waals surface area contributed by atoms with Gasteiger partial charge in [-0.25, -0.2) is 0 Å². The largest absolute Gasteiger partial charge is 0.497 e. The summed E-state index contributed by atoms with van der Waals surface area (Å²) < 4.78 is 5.31. The van der Waals surface area contributed by atoms with Crippen LogP contribution in [0, 0.1) is 5.92 Å². The molecule has 2 fully saturated rings. The van der Waals surface area contributed by atoms with Crippen molar-refractivity contribution in [1.82, 2.24) is 9.80 Å². The van der Waals surface area contributed by atoms with E-state index >= 15 is 0 Å². The van der Waals surface area contributed by atoms with E-state index in [1.807, 2.05) is 30.3 Å². The number of amides is 3. The molecule has 2 atom stereocenters. The Morgan fingerprint density at radius 1 is 1.12 bits per heavy atom. The molecular weight excluding hydrogens is 420 g/mol. The lowest BCUT2D eigenvalue weighted by atomic mass is 9.75. The molecule has 2 aliphatic heterocycles. The normalized spacial score (nSPS) is 22.5. The standard InChI is InChI=1S/C26H30N2O5/c1-27-22(29)16-26(25(27)32,20-9-6-10-21(15-20)33-2)17-23(30)28-13-11-19(12-14-28)24(31)18-7-4-3-5-8-18/h3-10,15,19,24,31H,11-14,16-17H2,1-2H3/t24-,26-/m1/s1. The van der Waals surface area contributed by atoms with Gasteiger partial charge in [0, 0.05) is 33.0 Å². The predicted octanol–water partition coefficient (Wildman–Crippen LogP) is 2.68. The van der Waals surface area contributed by atoms with E-state index in [0.29, 0.717) is 37.2 Å². The highest BCUT2D eigenvalue weighted by Gasteiger charge is 2.53. The van der Waals surface area contributed by atoms with Crippen LogP contribution in [0.5, 0.6) is 5.75 Å². The summed E-state index contributed by atoms with van der Waals surface area (Å²) in [5.74, 6) is -0.153. The molecule has 0 saturated carbocycles. The van der Waals surface area contributed by atoms with E-state index in [0.717, 1.165) is 10.5 Å². The molecule has 0 aliphatic carbocycles. The molecule has 0 aromatic heterocycles. The number of carbonyl (C=O) groups is 3. The number of piperidine rings is 1. The summed E-state index contributed by atoms with van der Waals surface area (Å²) in [4.78, 5) is 41.9. The minimum absolute atomic E-state index is 0.0373. The summed E-state index contributed by atoms with van der Waals surface area (Å²) in [6.45, 7) is 1.03. The van der Waals surface area contributed by atoms with Crippen molar-refractivity contribution >= 4 is 17.7 Å². The highest BCUT2D eigenvalue weighted by atomic mass is 16.5. The molecule has 2 aliphatic rings. The van der Waals surface area contributed by atoms with Gasteiger partial charge in [0.05, 0.1) is 18.6 Å². The summed E-state index contributed by atoms with van der Waals surface area (Å²) in [6.07, 6.45) is 0.696. The molecule has 7 nitrogen and oxygen atoms in total. The third kappa shape index (κ3) is 4.37. The second-order valence-electron chi connectivity index (χ2n) is 9.00. The third-order valence-corrected chi connectivity index (χ3v) is 7.10. The molecule has 1 N–H and O–H groups in total. The number of hydrogen-bond acceptors (Lipinski definition) is 5. The van der Waals surface area contributed by atoms with Crippen molar-refractivity contribution in [3.05, 3.63) is 65.7 Å². The zero-order valence-electron chi connectivity index (χ0n) is 19.1. The van der Waals surface area contributed by atoms with Crippen molar-refractivity contribution in [2.24, 2.45) is 5.92 Å². The van der Waals surface area contributed by atoms with Crippen molar-refractivity contribution in [3.8, 4) is 5.75 Å². The van der Waals surface area contributed by atoms with E-state index < -0.39 is 11.5 Å². The Kier molecular flexibility index (Phi) is 6.51. The number of aliphatic hydroxyl groups is 1. The maximum atomic E-state index is 13.3. The number of ether oxygens (including phenoxy) is 1. The molecule has 0 radical (unpaired) electrons. The van der Waals surface area contributed by atoms with Gasteiger partial charge in [-0.05, 0) is 42.0 Å². The van der Waals surface area contributed by atoms with Crippen LogP contribution in [0.1, 0.15) is 42.9 Å². The van der Waals surface area contributed by atoms with Crippen LogP contribution >= 0.6 is 0 Å². The van der Waals surface area contributed by atoms with Crippen molar-refractivity contribution in [2.75, 3.05) is 27.2 Å².